The lowest BCUT2D eigenvalue weighted by Crippen LogP contribution is -2.32. The molecule has 0 bridgehead atoms. The number of carbonyl (C=O) groups excluding carboxylic acids is 2. The Hall–Kier alpha value is -3.08. The molecular weight excluding hydrogens is 362 g/mol. The van der Waals surface area contributed by atoms with Gasteiger partial charge in [-0.05, 0) is 75.6 Å². The fraction of sp³-hybridized carbons (Fsp3) is 0.333. The van der Waals surface area contributed by atoms with E-state index in [1.54, 1.807) is 0 Å². The summed E-state index contributed by atoms with van der Waals surface area (Å²) in [5, 5.41) is 3.22. The normalized spacial score (nSPS) is 14.0. The molecular formula is C24H29N3O2. The molecule has 0 saturated heterocycles. The standard InChI is InChI=1S/C24H29N3O2/c1-6-26(7-2)20-13-11-19(12-14-20)25-22-21(23(28)27(8-3)24(22)29)18-10-9-16(4)17(5)15-18/h9-15,25H,6-8H2,1-5H3. The Balaban J connectivity index is 2.00. The van der Waals surface area contributed by atoms with Crippen LogP contribution in [0.15, 0.2) is 48.2 Å². The third kappa shape index (κ3) is 3.90. The van der Waals surface area contributed by atoms with Gasteiger partial charge in [-0.1, -0.05) is 18.2 Å². The molecule has 0 aliphatic carbocycles. The van der Waals surface area contributed by atoms with Crippen LogP contribution >= 0.6 is 0 Å². The van der Waals surface area contributed by atoms with Crippen LogP contribution in [0.25, 0.3) is 5.57 Å². The van der Waals surface area contributed by atoms with Gasteiger partial charge in [0.05, 0.1) is 5.57 Å². The molecule has 5 nitrogen and oxygen atoms in total. The molecule has 0 fully saturated rings. The first-order chi connectivity index (χ1) is 13.9. The monoisotopic (exact) mass is 391 g/mol. The quantitative estimate of drug-likeness (QED) is 0.713. The van der Waals surface area contributed by atoms with E-state index in [4.69, 9.17) is 0 Å². The average Bonchev–Trinajstić information content (AvgIpc) is 2.95. The van der Waals surface area contributed by atoms with Crippen molar-refractivity contribution in [3.8, 4) is 0 Å². The van der Waals surface area contributed by atoms with E-state index in [1.807, 2.05) is 63.2 Å². The molecule has 1 heterocycles. The van der Waals surface area contributed by atoms with Crippen LogP contribution in [0.2, 0.25) is 0 Å². The van der Waals surface area contributed by atoms with Gasteiger partial charge in [0.2, 0.25) is 0 Å². The van der Waals surface area contributed by atoms with E-state index >= 15 is 0 Å². The highest BCUT2D eigenvalue weighted by Crippen LogP contribution is 2.31. The molecule has 152 valence electrons. The topological polar surface area (TPSA) is 52.7 Å². The maximum absolute atomic E-state index is 13.0. The minimum absolute atomic E-state index is 0.247. The van der Waals surface area contributed by atoms with E-state index in [1.165, 1.54) is 4.90 Å². The molecule has 2 aromatic rings. The van der Waals surface area contributed by atoms with Gasteiger partial charge in [-0.25, -0.2) is 0 Å². The van der Waals surface area contributed by atoms with Gasteiger partial charge in [-0.3, -0.25) is 14.5 Å². The smallest absolute Gasteiger partial charge is 0.278 e. The predicted molar refractivity (Wildman–Crippen MR) is 119 cm³/mol. The van der Waals surface area contributed by atoms with Crippen LogP contribution in [-0.2, 0) is 9.59 Å². The molecule has 1 aliphatic heterocycles. The predicted octanol–water partition coefficient (Wildman–Crippen LogP) is 4.36. The Morgan fingerprint density at radius 2 is 1.52 bits per heavy atom. The van der Waals surface area contributed by atoms with Gasteiger partial charge < -0.3 is 10.2 Å². The maximum Gasteiger partial charge on any atom is 0.278 e. The highest BCUT2D eigenvalue weighted by Gasteiger charge is 2.38. The van der Waals surface area contributed by atoms with Crippen LogP contribution in [0.3, 0.4) is 0 Å². The number of anilines is 2. The van der Waals surface area contributed by atoms with Gasteiger partial charge in [0, 0.05) is 31.0 Å². The molecule has 0 aromatic heterocycles. The van der Waals surface area contributed by atoms with Crippen molar-refractivity contribution in [1.29, 1.82) is 0 Å². The number of nitrogens with one attached hydrogen (secondary N) is 1. The van der Waals surface area contributed by atoms with E-state index in [0.717, 1.165) is 41.2 Å². The van der Waals surface area contributed by atoms with E-state index in [0.29, 0.717) is 17.8 Å². The SMILES string of the molecule is CCN1C(=O)C(Nc2ccc(N(CC)CC)cc2)=C(c2ccc(C)c(C)c2)C1=O. The molecule has 0 radical (unpaired) electrons. The molecule has 5 heteroatoms. The number of benzene rings is 2. The zero-order valence-electron chi connectivity index (χ0n) is 17.9. The second-order valence-electron chi connectivity index (χ2n) is 7.25. The Bertz CT molecular complexity index is 957. The molecule has 1 N–H and O–H groups in total. The van der Waals surface area contributed by atoms with Gasteiger partial charge in [-0.15, -0.1) is 0 Å². The number of imide groups is 1. The molecule has 29 heavy (non-hydrogen) atoms. The Morgan fingerprint density at radius 3 is 2.07 bits per heavy atom. The highest BCUT2D eigenvalue weighted by molar-refractivity contribution is 6.36. The van der Waals surface area contributed by atoms with Crippen molar-refractivity contribution in [1.82, 2.24) is 4.90 Å². The summed E-state index contributed by atoms with van der Waals surface area (Å²) in [7, 11) is 0. The van der Waals surface area contributed by atoms with E-state index in [2.05, 4.69) is 24.1 Å². The number of likely N-dealkylation sites (N-methyl/N-ethyl adjacent to an activating group) is 1. The lowest BCUT2D eigenvalue weighted by molar-refractivity contribution is -0.136. The summed E-state index contributed by atoms with van der Waals surface area (Å²) in [6, 6.07) is 13.8. The number of nitrogens with zero attached hydrogens (tertiary/aromatic N) is 2. The van der Waals surface area contributed by atoms with Gasteiger partial charge in [-0.2, -0.15) is 0 Å². The largest absolute Gasteiger partial charge is 0.372 e. The highest BCUT2D eigenvalue weighted by atomic mass is 16.2. The fourth-order valence-electron chi connectivity index (χ4n) is 3.63. The van der Waals surface area contributed by atoms with E-state index in [-0.39, 0.29) is 11.8 Å². The summed E-state index contributed by atoms with van der Waals surface area (Å²) in [5.74, 6) is -0.526. The molecule has 0 spiro atoms. The fourth-order valence-corrected chi connectivity index (χ4v) is 3.63. The molecule has 2 aromatic carbocycles. The summed E-state index contributed by atoms with van der Waals surface area (Å²) in [4.78, 5) is 29.4. The summed E-state index contributed by atoms with van der Waals surface area (Å²) in [5.41, 5.74) is 5.71. The van der Waals surface area contributed by atoms with Crippen LogP contribution in [0.1, 0.15) is 37.5 Å². The zero-order valence-corrected chi connectivity index (χ0v) is 17.9. The number of hydrogen-bond donors (Lipinski definition) is 1. The molecule has 0 saturated carbocycles. The van der Waals surface area contributed by atoms with Crippen molar-refractivity contribution < 1.29 is 9.59 Å². The van der Waals surface area contributed by atoms with Crippen molar-refractivity contribution in [3.05, 3.63) is 64.9 Å². The first-order valence-electron chi connectivity index (χ1n) is 10.2. The van der Waals surface area contributed by atoms with Gasteiger partial charge in [0.1, 0.15) is 5.70 Å². The van der Waals surface area contributed by atoms with Crippen LogP contribution in [0.5, 0.6) is 0 Å². The lowest BCUT2D eigenvalue weighted by atomic mass is 9.99. The van der Waals surface area contributed by atoms with Gasteiger partial charge >= 0.3 is 0 Å². The second kappa shape index (κ2) is 8.52. The summed E-state index contributed by atoms with van der Waals surface area (Å²) >= 11 is 0. The van der Waals surface area contributed by atoms with Crippen LogP contribution in [0, 0.1) is 13.8 Å². The average molecular weight is 392 g/mol. The van der Waals surface area contributed by atoms with E-state index in [9.17, 15) is 9.59 Å². The molecule has 2 amide bonds. The Kier molecular flexibility index (Phi) is 6.06. The first kappa shape index (κ1) is 20.6. The number of carbonyl (C=O) groups is 2. The molecule has 1 aliphatic rings. The third-order valence-corrected chi connectivity index (χ3v) is 5.55. The Labute approximate surface area is 173 Å². The number of hydrogen-bond acceptors (Lipinski definition) is 4. The number of rotatable bonds is 7. The zero-order chi connectivity index (χ0) is 21.1. The van der Waals surface area contributed by atoms with E-state index < -0.39 is 0 Å². The summed E-state index contributed by atoms with van der Waals surface area (Å²) in [6.45, 7) is 12.3. The summed E-state index contributed by atoms with van der Waals surface area (Å²) < 4.78 is 0. The number of amides is 2. The lowest BCUT2D eigenvalue weighted by Gasteiger charge is -2.21. The van der Waals surface area contributed by atoms with Crippen LogP contribution in [0.4, 0.5) is 11.4 Å². The number of aryl methyl sites for hydroxylation is 2. The van der Waals surface area contributed by atoms with Crippen molar-refractivity contribution in [2.75, 3.05) is 29.9 Å². The van der Waals surface area contributed by atoms with Crippen LogP contribution < -0.4 is 10.2 Å². The third-order valence-electron chi connectivity index (χ3n) is 5.55. The van der Waals surface area contributed by atoms with Crippen molar-refractivity contribution in [2.45, 2.75) is 34.6 Å². The minimum atomic E-state index is -0.279. The first-order valence-corrected chi connectivity index (χ1v) is 10.2. The van der Waals surface area contributed by atoms with Crippen molar-refractivity contribution in [3.63, 3.8) is 0 Å². The Morgan fingerprint density at radius 1 is 0.862 bits per heavy atom. The van der Waals surface area contributed by atoms with Crippen molar-refractivity contribution >= 4 is 28.8 Å². The second-order valence-corrected chi connectivity index (χ2v) is 7.25. The van der Waals surface area contributed by atoms with Gasteiger partial charge in [0.25, 0.3) is 11.8 Å². The minimum Gasteiger partial charge on any atom is -0.372 e. The van der Waals surface area contributed by atoms with Crippen LogP contribution in [-0.4, -0.2) is 36.3 Å². The summed E-state index contributed by atoms with van der Waals surface area (Å²) in [6.07, 6.45) is 0. The molecule has 3 rings (SSSR count). The molecule has 0 atom stereocenters. The van der Waals surface area contributed by atoms with Gasteiger partial charge in [0.15, 0.2) is 0 Å². The van der Waals surface area contributed by atoms with Crippen molar-refractivity contribution in [2.24, 2.45) is 0 Å². The molecule has 0 unspecified atom stereocenters. The maximum atomic E-state index is 13.0.